The van der Waals surface area contributed by atoms with Gasteiger partial charge in [-0.05, 0) is 31.9 Å². The van der Waals surface area contributed by atoms with Gasteiger partial charge < -0.3 is 14.8 Å². The minimum absolute atomic E-state index is 0.0184. The fourth-order valence-electron chi connectivity index (χ4n) is 2.36. The van der Waals surface area contributed by atoms with Crippen molar-refractivity contribution in [2.24, 2.45) is 0 Å². The van der Waals surface area contributed by atoms with Crippen molar-refractivity contribution in [3.8, 4) is 5.75 Å². The van der Waals surface area contributed by atoms with Gasteiger partial charge >= 0.3 is 6.36 Å². The molecule has 3 nitrogen and oxygen atoms in total. The summed E-state index contributed by atoms with van der Waals surface area (Å²) >= 11 is 0. The first kappa shape index (κ1) is 16.0. The number of hydrogen-bond donors (Lipinski definition) is 1. The summed E-state index contributed by atoms with van der Waals surface area (Å²) in [5.74, 6) is -1.22. The molecule has 1 heterocycles. The quantitative estimate of drug-likeness (QED) is 0.865. The van der Waals surface area contributed by atoms with Crippen molar-refractivity contribution in [2.75, 3.05) is 6.61 Å². The van der Waals surface area contributed by atoms with Crippen LogP contribution in [0.3, 0.4) is 0 Å². The lowest BCUT2D eigenvalue weighted by Gasteiger charge is -2.28. The molecule has 0 aromatic heterocycles. The molecule has 0 bridgehead atoms. The first-order valence-electron chi connectivity index (χ1n) is 6.73. The Bertz CT molecular complexity index is 479. The normalized spacial score (nSPS) is 23.1. The minimum atomic E-state index is -4.84. The predicted molar refractivity (Wildman–Crippen MR) is 68.4 cm³/mol. The van der Waals surface area contributed by atoms with Crippen LogP contribution in [0.25, 0.3) is 0 Å². The van der Waals surface area contributed by atoms with Gasteiger partial charge in [-0.2, -0.15) is 0 Å². The minimum Gasteiger partial charge on any atom is -0.405 e. The van der Waals surface area contributed by atoms with Crippen LogP contribution < -0.4 is 10.1 Å². The highest BCUT2D eigenvalue weighted by molar-refractivity contribution is 5.34. The fraction of sp³-hybridized carbons (Fsp3) is 0.571. The van der Waals surface area contributed by atoms with E-state index in [2.05, 4.69) is 10.1 Å². The maximum absolute atomic E-state index is 13.7. The molecule has 21 heavy (non-hydrogen) atoms. The largest absolute Gasteiger partial charge is 0.573 e. The van der Waals surface area contributed by atoms with Crippen molar-refractivity contribution in [3.63, 3.8) is 0 Å². The summed E-state index contributed by atoms with van der Waals surface area (Å²) < 4.78 is 60.0. The summed E-state index contributed by atoms with van der Waals surface area (Å²) in [5, 5.41) is 3.07. The zero-order valence-corrected chi connectivity index (χ0v) is 11.5. The second-order valence-corrected chi connectivity index (χ2v) is 5.05. The highest BCUT2D eigenvalue weighted by Crippen LogP contribution is 2.28. The Hall–Kier alpha value is -1.34. The summed E-state index contributed by atoms with van der Waals surface area (Å²) in [4.78, 5) is 0. The van der Waals surface area contributed by atoms with E-state index in [0.717, 1.165) is 25.0 Å². The lowest BCUT2D eigenvalue weighted by molar-refractivity contribution is -0.275. The highest BCUT2D eigenvalue weighted by atomic mass is 19.4. The SMILES string of the molecule is CC1CC(NCc2c(F)cccc2OC(F)(F)F)CCO1. The third kappa shape index (κ3) is 4.86. The van der Waals surface area contributed by atoms with Crippen LogP contribution >= 0.6 is 0 Å². The molecule has 2 atom stereocenters. The van der Waals surface area contributed by atoms with Gasteiger partial charge in [0.25, 0.3) is 0 Å². The van der Waals surface area contributed by atoms with Crippen LogP contribution in [0, 0.1) is 5.82 Å². The van der Waals surface area contributed by atoms with E-state index < -0.39 is 17.9 Å². The van der Waals surface area contributed by atoms with Crippen molar-refractivity contribution < 1.29 is 27.0 Å². The topological polar surface area (TPSA) is 30.5 Å². The summed E-state index contributed by atoms with van der Waals surface area (Å²) in [6.45, 7) is 2.49. The Labute approximate surface area is 120 Å². The highest BCUT2D eigenvalue weighted by Gasteiger charge is 2.32. The first-order chi connectivity index (χ1) is 9.85. The first-order valence-corrected chi connectivity index (χ1v) is 6.73. The van der Waals surface area contributed by atoms with Crippen molar-refractivity contribution in [2.45, 2.75) is 44.8 Å². The molecule has 1 fully saturated rings. The van der Waals surface area contributed by atoms with Crippen LogP contribution in [0.1, 0.15) is 25.3 Å². The zero-order chi connectivity index (χ0) is 15.5. The third-order valence-corrected chi connectivity index (χ3v) is 3.35. The molecule has 1 N–H and O–H groups in total. The van der Waals surface area contributed by atoms with E-state index in [9.17, 15) is 17.6 Å². The van der Waals surface area contributed by atoms with E-state index in [0.29, 0.717) is 6.61 Å². The average Bonchev–Trinajstić information content (AvgIpc) is 2.36. The number of rotatable bonds is 4. The lowest BCUT2D eigenvalue weighted by atomic mass is 10.0. The van der Waals surface area contributed by atoms with Gasteiger partial charge in [-0.3, -0.25) is 0 Å². The van der Waals surface area contributed by atoms with E-state index in [4.69, 9.17) is 4.74 Å². The van der Waals surface area contributed by atoms with E-state index in [1.54, 1.807) is 0 Å². The maximum Gasteiger partial charge on any atom is 0.573 e. The molecule has 118 valence electrons. The van der Waals surface area contributed by atoms with Gasteiger partial charge in [0.05, 0.1) is 6.10 Å². The smallest absolute Gasteiger partial charge is 0.405 e. The third-order valence-electron chi connectivity index (χ3n) is 3.35. The second-order valence-electron chi connectivity index (χ2n) is 5.05. The van der Waals surface area contributed by atoms with Crippen molar-refractivity contribution >= 4 is 0 Å². The predicted octanol–water partition coefficient (Wildman–Crippen LogP) is 3.38. The number of halogens is 4. The van der Waals surface area contributed by atoms with Gasteiger partial charge in [0.1, 0.15) is 11.6 Å². The molecule has 1 saturated heterocycles. The summed E-state index contributed by atoms with van der Waals surface area (Å²) in [7, 11) is 0. The molecule has 0 aliphatic carbocycles. The van der Waals surface area contributed by atoms with Crippen molar-refractivity contribution in [3.05, 3.63) is 29.6 Å². The molecule has 2 rings (SSSR count). The molecule has 2 unspecified atom stereocenters. The molecule has 0 saturated carbocycles. The van der Waals surface area contributed by atoms with Crippen LogP contribution in [0.2, 0.25) is 0 Å². The van der Waals surface area contributed by atoms with Gasteiger partial charge in [0.2, 0.25) is 0 Å². The molecule has 1 aliphatic heterocycles. The van der Waals surface area contributed by atoms with Gasteiger partial charge in [-0.15, -0.1) is 13.2 Å². The van der Waals surface area contributed by atoms with Gasteiger partial charge in [-0.1, -0.05) is 6.07 Å². The van der Waals surface area contributed by atoms with Crippen molar-refractivity contribution in [1.29, 1.82) is 0 Å². The molecular weight excluding hydrogens is 290 g/mol. The monoisotopic (exact) mass is 307 g/mol. The molecule has 0 amide bonds. The molecule has 1 aromatic rings. The summed E-state index contributed by atoms with van der Waals surface area (Å²) in [5.41, 5.74) is -0.117. The van der Waals surface area contributed by atoms with Crippen LogP contribution in [-0.4, -0.2) is 25.1 Å². The molecule has 7 heteroatoms. The van der Waals surface area contributed by atoms with Gasteiger partial charge in [-0.25, -0.2) is 4.39 Å². The Morgan fingerprint density at radius 2 is 2.14 bits per heavy atom. The number of ether oxygens (including phenoxy) is 2. The Balaban J connectivity index is 2.04. The molecule has 1 aromatic carbocycles. The molecule has 1 aliphatic rings. The van der Waals surface area contributed by atoms with Crippen LogP contribution in [0.5, 0.6) is 5.75 Å². The maximum atomic E-state index is 13.7. The summed E-state index contributed by atoms with van der Waals surface area (Å²) in [6, 6.07) is 3.51. The van der Waals surface area contributed by atoms with Crippen molar-refractivity contribution in [1.82, 2.24) is 5.32 Å². The van der Waals surface area contributed by atoms with E-state index in [-0.39, 0.29) is 24.3 Å². The molecular formula is C14H17F4NO2. The summed E-state index contributed by atoms with van der Waals surface area (Å²) in [6.07, 6.45) is -3.27. The van der Waals surface area contributed by atoms with E-state index in [1.807, 2.05) is 6.92 Å². The average molecular weight is 307 g/mol. The van der Waals surface area contributed by atoms with Crippen LogP contribution in [0.15, 0.2) is 18.2 Å². The van der Waals surface area contributed by atoms with Gasteiger partial charge in [0, 0.05) is 24.8 Å². The Morgan fingerprint density at radius 1 is 1.38 bits per heavy atom. The van der Waals surface area contributed by atoms with Crippen LogP contribution in [0.4, 0.5) is 17.6 Å². The fourth-order valence-corrected chi connectivity index (χ4v) is 2.36. The second kappa shape index (κ2) is 6.62. The van der Waals surface area contributed by atoms with E-state index in [1.165, 1.54) is 6.07 Å². The lowest BCUT2D eigenvalue weighted by Crippen LogP contribution is -2.37. The molecule has 0 spiro atoms. The molecule has 0 radical (unpaired) electrons. The number of benzene rings is 1. The van der Waals surface area contributed by atoms with Gasteiger partial charge in [0.15, 0.2) is 0 Å². The number of nitrogens with one attached hydrogen (secondary N) is 1. The van der Waals surface area contributed by atoms with Crippen LogP contribution in [-0.2, 0) is 11.3 Å². The van der Waals surface area contributed by atoms with E-state index >= 15 is 0 Å². The Kier molecular flexibility index (Phi) is 5.05. The number of hydrogen-bond acceptors (Lipinski definition) is 3. The Morgan fingerprint density at radius 3 is 2.81 bits per heavy atom. The zero-order valence-electron chi connectivity index (χ0n) is 11.5. The standard InChI is InChI=1S/C14H17F4NO2/c1-9-7-10(5-6-20-9)19-8-11-12(15)3-2-4-13(11)21-14(16,17)18/h2-4,9-10,19H,5-8H2,1H3. The number of alkyl halides is 3.